The molecule has 208 valence electrons. The monoisotopic (exact) mass is 604 g/mol. The molecule has 0 atom stereocenters. The first kappa shape index (κ1) is 32.0. The zero-order valence-electron chi connectivity index (χ0n) is 22.8. The lowest BCUT2D eigenvalue weighted by Gasteiger charge is -2.13. The number of carbonyl (C=O) groups is 1. The quantitative estimate of drug-likeness (QED) is 0.174. The topological polar surface area (TPSA) is 42.2 Å². The molecule has 0 radical (unpaired) electrons. The first-order chi connectivity index (χ1) is 18.0. The van der Waals surface area contributed by atoms with Gasteiger partial charge in [0, 0.05) is 16.8 Å². The Labute approximate surface area is 242 Å². The molecule has 4 nitrogen and oxygen atoms in total. The number of para-hydroxylation sites is 1. The normalized spacial score (nSPS) is 10.7. The molecule has 0 unspecified atom stereocenters. The van der Waals surface area contributed by atoms with Crippen LogP contribution in [-0.2, 0) is 17.8 Å². The van der Waals surface area contributed by atoms with Gasteiger partial charge >= 0.3 is 0 Å². The third-order valence-corrected chi connectivity index (χ3v) is 7.29. The molecule has 0 spiro atoms. The van der Waals surface area contributed by atoms with E-state index >= 15 is 0 Å². The summed E-state index contributed by atoms with van der Waals surface area (Å²) in [6, 6.07) is 12.6. The lowest BCUT2D eigenvalue weighted by atomic mass is 10.1. The molecular weight excluding hydrogens is 563 g/mol. The smallest absolute Gasteiger partial charge is 0.228 e. The number of nitrogens with one attached hydrogen (secondary N) is 1. The predicted molar refractivity (Wildman–Crippen MR) is 151 cm³/mol. The van der Waals surface area contributed by atoms with Crippen LogP contribution in [0.4, 0.5) is 10.1 Å². The summed E-state index contributed by atoms with van der Waals surface area (Å²) in [7, 11) is 0. The molecule has 0 fully saturated rings. The molecule has 2 aromatic carbocycles. The van der Waals surface area contributed by atoms with Gasteiger partial charge in [-0.1, -0.05) is 100 Å². The fourth-order valence-electron chi connectivity index (χ4n) is 4.48. The van der Waals surface area contributed by atoms with Crippen molar-refractivity contribution in [3.8, 4) is 5.75 Å². The number of nitrogens with zero attached hydrogens (tertiary/aromatic N) is 1. The average molecular weight is 606 g/mol. The highest BCUT2D eigenvalue weighted by Crippen LogP contribution is 2.24. The van der Waals surface area contributed by atoms with Crippen LogP contribution in [0.1, 0.15) is 87.1 Å². The molecule has 0 aliphatic heterocycles. The average Bonchev–Trinajstić information content (AvgIpc) is 3.28. The highest BCUT2D eigenvalue weighted by atomic mass is 79.9. The number of benzene rings is 2. The molecule has 1 aromatic heterocycles. The van der Waals surface area contributed by atoms with Gasteiger partial charge in [-0.3, -0.25) is 4.79 Å². The number of unbranched alkanes of at least 4 members (excludes halogenated alkanes) is 9. The van der Waals surface area contributed by atoms with E-state index in [-0.39, 0.29) is 35.1 Å². The van der Waals surface area contributed by atoms with E-state index in [4.69, 9.17) is 4.74 Å². The van der Waals surface area contributed by atoms with Crippen molar-refractivity contribution in [2.45, 2.75) is 91.0 Å². The maximum absolute atomic E-state index is 14.5. The summed E-state index contributed by atoms with van der Waals surface area (Å²) >= 11 is 1.71. The van der Waals surface area contributed by atoms with Crippen LogP contribution in [0.2, 0.25) is 0 Å². The van der Waals surface area contributed by atoms with Crippen molar-refractivity contribution in [2.24, 2.45) is 0 Å². The Balaban J connectivity index is 0.00000507. The summed E-state index contributed by atoms with van der Waals surface area (Å²) in [4.78, 5) is 14.0. The van der Waals surface area contributed by atoms with Crippen molar-refractivity contribution in [1.82, 2.24) is 0 Å². The lowest BCUT2D eigenvalue weighted by molar-refractivity contribution is -0.683. The molecule has 3 aromatic rings. The van der Waals surface area contributed by atoms with Crippen molar-refractivity contribution in [1.29, 1.82) is 0 Å². The van der Waals surface area contributed by atoms with Crippen LogP contribution in [0.5, 0.6) is 5.75 Å². The molecule has 38 heavy (non-hydrogen) atoms. The van der Waals surface area contributed by atoms with Gasteiger partial charge in [0.25, 0.3) is 0 Å². The van der Waals surface area contributed by atoms with Gasteiger partial charge in [0.2, 0.25) is 11.4 Å². The maximum Gasteiger partial charge on any atom is 0.228 e. The van der Waals surface area contributed by atoms with Gasteiger partial charge in [-0.25, -0.2) is 4.39 Å². The van der Waals surface area contributed by atoms with Crippen LogP contribution in [0, 0.1) is 12.7 Å². The molecule has 0 aliphatic carbocycles. The number of ether oxygens (including phenoxy) is 1. The van der Waals surface area contributed by atoms with Gasteiger partial charge < -0.3 is 27.0 Å². The Bertz CT molecular complexity index is 1100. The van der Waals surface area contributed by atoms with E-state index in [1.54, 1.807) is 23.5 Å². The summed E-state index contributed by atoms with van der Waals surface area (Å²) in [6.07, 6.45) is 14.6. The first-order valence-electron chi connectivity index (χ1n) is 13.8. The number of halogens is 2. The Morgan fingerprint density at radius 3 is 2.34 bits per heavy atom. The fourth-order valence-corrected chi connectivity index (χ4v) is 5.12. The predicted octanol–water partition coefficient (Wildman–Crippen LogP) is 5.02. The van der Waals surface area contributed by atoms with Gasteiger partial charge in [-0.15, -0.1) is 0 Å². The zero-order chi connectivity index (χ0) is 26.3. The summed E-state index contributed by atoms with van der Waals surface area (Å²) in [5.74, 6) is -0.403. The van der Waals surface area contributed by atoms with Crippen LogP contribution >= 0.6 is 11.3 Å². The summed E-state index contributed by atoms with van der Waals surface area (Å²) in [5.41, 5.74) is 4.50. The fraction of sp³-hybridized carbons (Fsp3) is 0.484. The molecule has 0 saturated carbocycles. The molecule has 0 bridgehead atoms. The highest BCUT2D eigenvalue weighted by molar-refractivity contribution is 7.09. The molecular formula is C31H42BrFN2O2S. The third-order valence-electron chi connectivity index (χ3n) is 6.44. The number of amides is 1. The molecule has 1 amide bonds. The molecule has 3 rings (SSSR count). The second-order valence-corrected chi connectivity index (χ2v) is 10.9. The van der Waals surface area contributed by atoms with E-state index < -0.39 is 5.82 Å². The van der Waals surface area contributed by atoms with Crippen molar-refractivity contribution in [3.63, 3.8) is 0 Å². The van der Waals surface area contributed by atoms with Crippen LogP contribution < -0.4 is 31.6 Å². The van der Waals surface area contributed by atoms with E-state index in [0.29, 0.717) is 12.2 Å². The molecule has 0 aliphatic rings. The minimum atomic E-state index is -0.414. The number of rotatable bonds is 17. The van der Waals surface area contributed by atoms with Crippen molar-refractivity contribution in [3.05, 3.63) is 76.0 Å². The van der Waals surface area contributed by atoms with E-state index in [9.17, 15) is 9.18 Å². The molecule has 1 heterocycles. The first-order valence-corrected chi connectivity index (χ1v) is 14.7. The Kier molecular flexibility index (Phi) is 15.2. The van der Waals surface area contributed by atoms with Crippen LogP contribution in [0.3, 0.4) is 0 Å². The number of thiazole rings is 1. The molecule has 7 heteroatoms. The number of aryl methyl sites for hydroxylation is 1. The SMILES string of the molecule is CCCCCCCCCCCCOc1c(F)cccc1CC(=O)Nc1cccc(C[n+]2csc(C)c2)c1.[Br-]. The number of hydrogen-bond donors (Lipinski definition) is 1. The third kappa shape index (κ3) is 11.6. The second-order valence-electron chi connectivity index (χ2n) is 9.82. The van der Waals surface area contributed by atoms with Gasteiger partial charge in [-0.2, -0.15) is 4.57 Å². The Morgan fingerprint density at radius 1 is 0.974 bits per heavy atom. The zero-order valence-corrected chi connectivity index (χ0v) is 25.2. The van der Waals surface area contributed by atoms with Crippen molar-refractivity contribution in [2.75, 3.05) is 11.9 Å². The van der Waals surface area contributed by atoms with Crippen LogP contribution in [-0.4, -0.2) is 12.5 Å². The van der Waals surface area contributed by atoms with E-state index in [1.807, 2.05) is 24.3 Å². The van der Waals surface area contributed by atoms with Gasteiger partial charge in [0.05, 0.1) is 17.9 Å². The largest absolute Gasteiger partial charge is 1.00 e. The number of hydrogen-bond acceptors (Lipinski definition) is 3. The van der Waals surface area contributed by atoms with Gasteiger partial charge in [0.15, 0.2) is 24.3 Å². The second kappa shape index (κ2) is 18.1. The van der Waals surface area contributed by atoms with Crippen molar-refractivity contribution < 1.29 is 35.5 Å². The minimum absolute atomic E-state index is 0. The van der Waals surface area contributed by atoms with Gasteiger partial charge in [-0.05, 0) is 31.5 Å². The van der Waals surface area contributed by atoms with E-state index in [2.05, 4.69) is 35.4 Å². The van der Waals surface area contributed by atoms with E-state index in [0.717, 1.165) is 30.6 Å². The number of carbonyl (C=O) groups excluding carboxylic acids is 1. The van der Waals surface area contributed by atoms with E-state index in [1.165, 1.54) is 62.3 Å². The highest BCUT2D eigenvalue weighted by Gasteiger charge is 2.14. The maximum atomic E-state index is 14.5. The summed E-state index contributed by atoms with van der Waals surface area (Å²) in [5, 5.41) is 2.96. The van der Waals surface area contributed by atoms with Crippen LogP contribution in [0.25, 0.3) is 0 Å². The van der Waals surface area contributed by atoms with Gasteiger partial charge in [0.1, 0.15) is 0 Å². The Morgan fingerprint density at radius 2 is 1.66 bits per heavy atom. The minimum Gasteiger partial charge on any atom is -1.00 e. The van der Waals surface area contributed by atoms with Crippen molar-refractivity contribution >= 4 is 22.9 Å². The molecule has 1 N–H and O–H groups in total. The van der Waals surface area contributed by atoms with Crippen LogP contribution in [0.15, 0.2) is 54.2 Å². The summed E-state index contributed by atoms with van der Waals surface area (Å²) < 4.78 is 22.5. The standard InChI is InChI=1S/C31H41FN2O2S.BrH/c1-3-4-5-6-7-8-9-10-11-12-19-36-31-27(16-14-18-29(31)32)21-30(35)33-28-17-13-15-26(20-28)23-34-22-25(2)37-24-34;/h13-18,20,22,24H,3-12,19,21,23H2,1-2H3;1H. The molecule has 0 saturated heterocycles. The lowest BCUT2D eigenvalue weighted by Crippen LogP contribution is -3.00. The number of aromatic nitrogens is 1. The summed E-state index contributed by atoms with van der Waals surface area (Å²) in [6.45, 7) is 5.54. The number of anilines is 1. The Hall–Kier alpha value is -2.25.